The van der Waals surface area contributed by atoms with Crippen LogP contribution in [-0.4, -0.2) is 37.2 Å². The Bertz CT molecular complexity index is 1560. The Morgan fingerprint density at radius 2 is 0.594 bits per heavy atom. The Kier molecular flexibility index (Phi) is 52.1. The number of hydrogen-bond acceptors (Lipinski definition) is 6. The number of unbranched alkanes of at least 4 members (excludes halogenated alkanes) is 12. The van der Waals surface area contributed by atoms with Gasteiger partial charge in [-0.1, -0.05) is 224 Å². The number of esters is 3. The van der Waals surface area contributed by atoms with E-state index in [0.717, 1.165) is 109 Å². The minimum atomic E-state index is -0.845. The molecule has 0 radical (unpaired) electrons. The van der Waals surface area contributed by atoms with Gasteiger partial charge >= 0.3 is 17.9 Å². The first-order valence-electron chi connectivity index (χ1n) is 27.3. The highest BCUT2D eigenvalue weighted by atomic mass is 16.6. The fourth-order valence-corrected chi connectivity index (χ4v) is 6.80. The van der Waals surface area contributed by atoms with Crippen molar-refractivity contribution >= 4 is 17.9 Å². The maximum absolute atomic E-state index is 12.8. The standard InChI is InChI=1S/C63H98O6/c1-4-7-10-13-16-19-22-25-27-29-31-33-35-38-41-44-47-50-53-56-62(65)68-59-60(58-67-61(64)55-52-49-46-43-40-37-24-21-18-15-12-9-6-3)69-63(66)57-54-51-48-45-42-39-36-34-32-30-28-26-23-20-17-14-11-8-5-2/h7-8,10-11,16-17,19-20,25-28,31-34,37-38,40-41,46-47,49-50,60H,4-6,9,12-15,18,21-24,29-30,35-36,39,42-45,48,51-59H2,1-3H3/b10-7+,11-8+,19-16+,20-17+,27-25+,28-26+,33-31+,34-32+,40-37+,41-38+,49-46+,50-47+. The van der Waals surface area contributed by atoms with Gasteiger partial charge in [0, 0.05) is 19.3 Å². The summed E-state index contributed by atoms with van der Waals surface area (Å²) in [6, 6.07) is 0. The summed E-state index contributed by atoms with van der Waals surface area (Å²) in [6.45, 7) is 6.25. The van der Waals surface area contributed by atoms with Gasteiger partial charge in [0.25, 0.3) is 0 Å². The van der Waals surface area contributed by atoms with Crippen LogP contribution in [0.5, 0.6) is 0 Å². The van der Waals surface area contributed by atoms with E-state index in [0.29, 0.717) is 12.8 Å². The molecule has 0 fully saturated rings. The van der Waals surface area contributed by atoms with Gasteiger partial charge in [0.15, 0.2) is 6.10 Å². The third kappa shape index (κ3) is 54.1. The van der Waals surface area contributed by atoms with E-state index in [4.69, 9.17) is 14.2 Å². The molecule has 0 heterocycles. The zero-order valence-corrected chi connectivity index (χ0v) is 44.0. The smallest absolute Gasteiger partial charge is 0.306 e. The molecule has 1 atom stereocenters. The molecule has 0 aliphatic rings. The highest BCUT2D eigenvalue weighted by molar-refractivity contribution is 5.71. The van der Waals surface area contributed by atoms with Gasteiger partial charge in [-0.25, -0.2) is 0 Å². The van der Waals surface area contributed by atoms with E-state index in [2.05, 4.69) is 148 Å². The number of ether oxygens (including phenoxy) is 3. The van der Waals surface area contributed by atoms with Crippen molar-refractivity contribution in [2.24, 2.45) is 0 Å². The first-order chi connectivity index (χ1) is 34.0. The molecule has 0 aromatic carbocycles. The first-order valence-corrected chi connectivity index (χ1v) is 27.3. The summed E-state index contributed by atoms with van der Waals surface area (Å²) in [6.07, 6.45) is 80.0. The van der Waals surface area contributed by atoms with Crippen molar-refractivity contribution in [1.82, 2.24) is 0 Å². The Balaban J connectivity index is 4.60. The Morgan fingerprint density at radius 3 is 0.942 bits per heavy atom. The predicted molar refractivity (Wildman–Crippen MR) is 297 cm³/mol. The molecule has 386 valence electrons. The summed E-state index contributed by atoms with van der Waals surface area (Å²) in [5.41, 5.74) is 0. The van der Waals surface area contributed by atoms with Gasteiger partial charge < -0.3 is 14.2 Å². The molecule has 0 bridgehead atoms. The molecular weight excluding hydrogens is 853 g/mol. The van der Waals surface area contributed by atoms with Crippen LogP contribution in [0.3, 0.4) is 0 Å². The van der Waals surface area contributed by atoms with Crippen molar-refractivity contribution in [2.75, 3.05) is 13.2 Å². The molecule has 0 aromatic heterocycles. The number of carbonyl (C=O) groups excluding carboxylic acids is 3. The van der Waals surface area contributed by atoms with Gasteiger partial charge in [-0.15, -0.1) is 0 Å². The van der Waals surface area contributed by atoms with Crippen molar-refractivity contribution in [3.63, 3.8) is 0 Å². The van der Waals surface area contributed by atoms with Crippen LogP contribution in [-0.2, 0) is 28.6 Å². The molecule has 6 heteroatoms. The summed E-state index contributed by atoms with van der Waals surface area (Å²) < 4.78 is 16.7. The van der Waals surface area contributed by atoms with Crippen molar-refractivity contribution in [1.29, 1.82) is 0 Å². The average Bonchev–Trinajstić information content (AvgIpc) is 3.35. The number of allylic oxidation sites excluding steroid dienone is 24. The van der Waals surface area contributed by atoms with Crippen LogP contribution in [0, 0.1) is 0 Å². The third-order valence-corrected chi connectivity index (χ3v) is 10.8. The molecular formula is C63H98O6. The molecule has 0 saturated heterocycles. The first kappa shape index (κ1) is 64.3. The van der Waals surface area contributed by atoms with Crippen LogP contribution in [0.2, 0.25) is 0 Å². The van der Waals surface area contributed by atoms with Gasteiger partial charge in [0.05, 0.1) is 0 Å². The lowest BCUT2D eigenvalue weighted by Crippen LogP contribution is -2.30. The lowest BCUT2D eigenvalue weighted by molar-refractivity contribution is -0.166. The van der Waals surface area contributed by atoms with Gasteiger partial charge in [0.2, 0.25) is 0 Å². The van der Waals surface area contributed by atoms with E-state index < -0.39 is 6.10 Å². The van der Waals surface area contributed by atoms with E-state index in [1.807, 2.05) is 18.2 Å². The minimum absolute atomic E-state index is 0.144. The Labute approximate surface area is 423 Å². The fraction of sp³-hybridized carbons (Fsp3) is 0.571. The van der Waals surface area contributed by atoms with Gasteiger partial charge in [-0.3, -0.25) is 14.4 Å². The molecule has 0 aliphatic heterocycles. The average molecular weight is 951 g/mol. The van der Waals surface area contributed by atoms with E-state index in [1.54, 1.807) is 0 Å². The van der Waals surface area contributed by atoms with E-state index in [9.17, 15) is 14.4 Å². The van der Waals surface area contributed by atoms with Gasteiger partial charge in [-0.05, 0) is 116 Å². The molecule has 0 aromatic rings. The molecule has 0 saturated carbocycles. The molecule has 0 N–H and O–H groups in total. The van der Waals surface area contributed by atoms with Gasteiger partial charge in [-0.2, -0.15) is 0 Å². The molecule has 69 heavy (non-hydrogen) atoms. The van der Waals surface area contributed by atoms with Crippen molar-refractivity contribution in [3.05, 3.63) is 146 Å². The number of hydrogen-bond donors (Lipinski definition) is 0. The largest absolute Gasteiger partial charge is 0.462 e. The zero-order chi connectivity index (χ0) is 50.0. The summed E-state index contributed by atoms with van der Waals surface area (Å²) in [5.74, 6) is -1.11. The lowest BCUT2D eigenvalue weighted by atomic mass is 10.1. The highest BCUT2D eigenvalue weighted by Crippen LogP contribution is 2.12. The summed E-state index contributed by atoms with van der Waals surface area (Å²) >= 11 is 0. The van der Waals surface area contributed by atoms with Gasteiger partial charge in [0.1, 0.15) is 13.2 Å². The SMILES string of the molecule is CC/C=C/C/C=C/C/C=C/C/C=C/C/C=C/C/C=C/CCC(=O)OCC(COC(=O)CC/C=C/C/C=C/CCCCCCCC)OC(=O)CCCCCCCC/C=C/C/C=C/C/C=C/C/C=C/CC. The zero-order valence-electron chi connectivity index (χ0n) is 44.0. The highest BCUT2D eigenvalue weighted by Gasteiger charge is 2.19. The minimum Gasteiger partial charge on any atom is -0.462 e. The Hall–Kier alpha value is -4.71. The normalized spacial score (nSPS) is 13.3. The van der Waals surface area contributed by atoms with Crippen molar-refractivity contribution < 1.29 is 28.6 Å². The summed E-state index contributed by atoms with van der Waals surface area (Å²) in [7, 11) is 0. The number of rotatable bonds is 47. The maximum Gasteiger partial charge on any atom is 0.306 e. The predicted octanol–water partition coefficient (Wildman–Crippen LogP) is 18.4. The van der Waals surface area contributed by atoms with Crippen LogP contribution in [0.25, 0.3) is 0 Å². The molecule has 0 rings (SSSR count). The van der Waals surface area contributed by atoms with Crippen LogP contribution in [0.4, 0.5) is 0 Å². The van der Waals surface area contributed by atoms with Crippen LogP contribution >= 0.6 is 0 Å². The van der Waals surface area contributed by atoms with E-state index in [1.165, 1.54) is 51.4 Å². The number of carbonyl (C=O) groups is 3. The Morgan fingerprint density at radius 1 is 0.304 bits per heavy atom. The quantitative estimate of drug-likeness (QED) is 0.0262. The van der Waals surface area contributed by atoms with Crippen molar-refractivity contribution in [3.8, 4) is 0 Å². The van der Waals surface area contributed by atoms with Crippen LogP contribution < -0.4 is 0 Å². The summed E-state index contributed by atoms with van der Waals surface area (Å²) in [5, 5.41) is 0. The second-order valence-corrected chi connectivity index (χ2v) is 17.4. The fourth-order valence-electron chi connectivity index (χ4n) is 6.80. The van der Waals surface area contributed by atoms with Crippen LogP contribution in [0.1, 0.15) is 213 Å². The van der Waals surface area contributed by atoms with Crippen LogP contribution in [0.15, 0.2) is 146 Å². The monoisotopic (exact) mass is 951 g/mol. The third-order valence-electron chi connectivity index (χ3n) is 10.8. The molecule has 6 nitrogen and oxygen atoms in total. The molecule has 1 unspecified atom stereocenters. The summed E-state index contributed by atoms with van der Waals surface area (Å²) in [4.78, 5) is 38.0. The molecule has 0 spiro atoms. The second-order valence-electron chi connectivity index (χ2n) is 17.4. The van der Waals surface area contributed by atoms with E-state index in [-0.39, 0.29) is 50.4 Å². The maximum atomic E-state index is 12.8. The lowest BCUT2D eigenvalue weighted by Gasteiger charge is -2.18. The second kappa shape index (κ2) is 55.9. The van der Waals surface area contributed by atoms with E-state index >= 15 is 0 Å². The topological polar surface area (TPSA) is 78.9 Å². The molecule has 0 aliphatic carbocycles. The van der Waals surface area contributed by atoms with Crippen molar-refractivity contribution in [2.45, 2.75) is 219 Å². The molecule has 0 amide bonds.